The number of carboxylic acid groups (broad SMARTS) is 2. The number of rotatable bonds is 29. The first-order chi connectivity index (χ1) is 26.4. The molecular formula is C37H46FN3O13S. The van der Waals surface area contributed by atoms with Gasteiger partial charge in [-0.3, -0.25) is 19.1 Å². The number of carbonyl (C=O) groups excluding carboxylic acids is 2. The molecule has 0 aliphatic heterocycles. The average molecular weight is 792 g/mol. The molecule has 55 heavy (non-hydrogen) atoms. The lowest BCUT2D eigenvalue weighted by Crippen LogP contribution is -2.28. The van der Waals surface area contributed by atoms with Gasteiger partial charge in [-0.25, -0.2) is 22.6 Å². The lowest BCUT2D eigenvalue weighted by Gasteiger charge is -2.11. The Hall–Kier alpha value is -5.01. The van der Waals surface area contributed by atoms with Crippen LogP contribution in [0.1, 0.15) is 54.4 Å². The molecule has 0 aliphatic rings. The van der Waals surface area contributed by atoms with Gasteiger partial charge in [-0.15, -0.1) is 0 Å². The van der Waals surface area contributed by atoms with Gasteiger partial charge in [0.05, 0.1) is 43.5 Å². The molecule has 4 N–H and O–H groups in total. The Kier molecular flexibility index (Phi) is 19.7. The number of pyridine rings is 1. The Morgan fingerprint density at radius 1 is 0.709 bits per heavy atom. The van der Waals surface area contributed by atoms with Crippen LogP contribution in [0.3, 0.4) is 0 Å². The Balaban J connectivity index is 1.30. The zero-order valence-electron chi connectivity index (χ0n) is 30.2. The minimum Gasteiger partial charge on any atom is -0.481 e. The quantitative estimate of drug-likeness (QED) is 0.0722. The monoisotopic (exact) mass is 791 g/mol. The lowest BCUT2D eigenvalue weighted by atomic mass is 10.1. The number of sulfonamides is 1. The molecule has 300 valence electrons. The molecule has 18 heteroatoms. The van der Waals surface area contributed by atoms with E-state index in [1.165, 1.54) is 54.7 Å². The number of amides is 1. The molecule has 0 spiro atoms. The van der Waals surface area contributed by atoms with Gasteiger partial charge in [-0.2, -0.15) is 0 Å². The molecular weight excluding hydrogens is 745 g/mol. The first-order valence-electron chi connectivity index (χ1n) is 17.5. The van der Waals surface area contributed by atoms with Gasteiger partial charge in [0, 0.05) is 32.2 Å². The van der Waals surface area contributed by atoms with E-state index < -0.39 is 33.7 Å². The van der Waals surface area contributed by atoms with Gasteiger partial charge in [-0.05, 0) is 85.8 Å². The summed E-state index contributed by atoms with van der Waals surface area (Å²) in [5, 5.41) is 19.9. The molecule has 2 aromatic carbocycles. The van der Waals surface area contributed by atoms with Crippen molar-refractivity contribution in [2.24, 2.45) is 0 Å². The van der Waals surface area contributed by atoms with Gasteiger partial charge in [0.15, 0.2) is 5.78 Å². The highest BCUT2D eigenvalue weighted by atomic mass is 32.2. The van der Waals surface area contributed by atoms with E-state index >= 15 is 0 Å². The summed E-state index contributed by atoms with van der Waals surface area (Å²) in [6.07, 6.45) is 4.28. The second-order valence-electron chi connectivity index (χ2n) is 11.9. The summed E-state index contributed by atoms with van der Waals surface area (Å²) in [5.41, 5.74) is 0.633. The van der Waals surface area contributed by atoms with E-state index in [4.69, 9.17) is 33.9 Å². The predicted octanol–water partition coefficient (Wildman–Crippen LogP) is 4.23. The summed E-state index contributed by atoms with van der Waals surface area (Å²) in [5.74, 6) is -2.16. The highest BCUT2D eigenvalue weighted by Gasteiger charge is 2.16. The smallest absolute Gasteiger partial charge is 0.329 e. The van der Waals surface area contributed by atoms with E-state index in [9.17, 15) is 32.0 Å². The van der Waals surface area contributed by atoms with Crippen LogP contribution in [0.5, 0.6) is 11.5 Å². The van der Waals surface area contributed by atoms with Gasteiger partial charge in [0.2, 0.25) is 0 Å². The van der Waals surface area contributed by atoms with E-state index in [0.717, 1.165) is 0 Å². The minimum absolute atomic E-state index is 0.00565. The Morgan fingerprint density at radius 3 is 2.09 bits per heavy atom. The number of ether oxygens (including phenoxy) is 5. The van der Waals surface area contributed by atoms with Crippen molar-refractivity contribution in [3.8, 4) is 11.5 Å². The normalized spacial score (nSPS) is 11.2. The number of anilines is 1. The maximum Gasteiger partial charge on any atom is 0.329 e. The number of aromatic nitrogens is 1. The molecule has 1 aromatic heterocycles. The molecule has 1 heterocycles. The zero-order valence-corrected chi connectivity index (χ0v) is 31.0. The number of nitrogens with one attached hydrogen (secondary N) is 2. The average Bonchev–Trinajstić information content (AvgIpc) is 3.15. The molecule has 0 bridgehead atoms. The van der Waals surface area contributed by atoms with Crippen LogP contribution in [-0.4, -0.2) is 107 Å². The van der Waals surface area contributed by atoms with Gasteiger partial charge < -0.3 is 39.2 Å². The van der Waals surface area contributed by atoms with Crippen LogP contribution in [0.4, 0.5) is 10.2 Å². The lowest BCUT2D eigenvalue weighted by molar-refractivity contribution is -0.143. The third-order valence-corrected chi connectivity index (χ3v) is 8.87. The van der Waals surface area contributed by atoms with Crippen molar-refractivity contribution in [3.63, 3.8) is 0 Å². The molecule has 1 amide bonds. The first-order valence-corrected chi connectivity index (χ1v) is 19.0. The summed E-state index contributed by atoms with van der Waals surface area (Å²) < 4.78 is 69.1. The number of carboxylic acids is 2. The van der Waals surface area contributed by atoms with Gasteiger partial charge >= 0.3 is 11.9 Å². The molecule has 0 saturated carbocycles. The maximum absolute atomic E-state index is 14.3. The molecule has 0 aliphatic carbocycles. The Labute approximate surface area is 318 Å². The number of carbonyl (C=O) groups is 4. The first kappa shape index (κ1) is 44.4. The van der Waals surface area contributed by atoms with Gasteiger partial charge in [0.1, 0.15) is 36.3 Å². The van der Waals surface area contributed by atoms with Gasteiger partial charge in [0.25, 0.3) is 15.9 Å². The van der Waals surface area contributed by atoms with Crippen molar-refractivity contribution in [1.29, 1.82) is 0 Å². The second kappa shape index (κ2) is 24.4. The van der Waals surface area contributed by atoms with E-state index in [0.29, 0.717) is 55.8 Å². The highest BCUT2D eigenvalue weighted by molar-refractivity contribution is 7.92. The summed E-state index contributed by atoms with van der Waals surface area (Å²) in [4.78, 5) is 49.3. The summed E-state index contributed by atoms with van der Waals surface area (Å²) >= 11 is 0. The van der Waals surface area contributed by atoms with E-state index in [-0.39, 0.29) is 87.7 Å². The number of ketones is 1. The summed E-state index contributed by atoms with van der Waals surface area (Å²) in [7, 11) is -4.04. The van der Waals surface area contributed by atoms with E-state index in [1.807, 2.05) is 0 Å². The van der Waals surface area contributed by atoms with Crippen LogP contribution in [0, 0.1) is 5.82 Å². The van der Waals surface area contributed by atoms with Crippen molar-refractivity contribution in [2.45, 2.75) is 49.8 Å². The van der Waals surface area contributed by atoms with Crippen LogP contribution in [0.25, 0.3) is 0 Å². The maximum atomic E-state index is 14.3. The number of Topliss-reactive ketones (excluding diaryl/α,β-unsaturated/α-hetero) is 1. The fourth-order valence-corrected chi connectivity index (χ4v) is 5.76. The van der Waals surface area contributed by atoms with Crippen LogP contribution in [-0.2, 0) is 49.8 Å². The van der Waals surface area contributed by atoms with Crippen LogP contribution < -0.4 is 14.8 Å². The zero-order chi connectivity index (χ0) is 39.9. The molecule has 16 nitrogen and oxygen atoms in total. The molecule has 0 radical (unpaired) electrons. The third kappa shape index (κ3) is 18.2. The third-order valence-electron chi connectivity index (χ3n) is 7.50. The number of benzene rings is 2. The summed E-state index contributed by atoms with van der Waals surface area (Å²) in [6.45, 7) is 1.07. The number of hydrogen-bond acceptors (Lipinski definition) is 12. The second-order valence-corrected chi connectivity index (χ2v) is 13.6. The number of aryl methyl sites for hydroxylation is 1. The van der Waals surface area contributed by atoms with Crippen LogP contribution >= 0.6 is 0 Å². The van der Waals surface area contributed by atoms with Crippen molar-refractivity contribution >= 4 is 39.5 Å². The van der Waals surface area contributed by atoms with Gasteiger partial charge in [-0.1, -0.05) is 6.42 Å². The number of aliphatic carboxylic acids is 2. The fourth-order valence-electron chi connectivity index (χ4n) is 4.75. The fraction of sp³-hybridized carbons (Fsp3) is 0.432. The Morgan fingerprint density at radius 2 is 1.40 bits per heavy atom. The molecule has 3 aromatic rings. The molecule has 0 saturated heterocycles. The molecule has 0 unspecified atom stereocenters. The predicted molar refractivity (Wildman–Crippen MR) is 195 cm³/mol. The molecule has 3 rings (SSSR count). The van der Waals surface area contributed by atoms with Crippen molar-refractivity contribution in [2.75, 3.05) is 64.1 Å². The van der Waals surface area contributed by atoms with Crippen molar-refractivity contribution in [1.82, 2.24) is 10.3 Å². The highest BCUT2D eigenvalue weighted by Crippen LogP contribution is 2.26. The largest absolute Gasteiger partial charge is 0.481 e. The standard InChI is InChI=1S/C37H46FN3O13S/c38-33-14-11-31(23-27(33)5-2-1-3-7-35(43)44)54-30-9-12-32(13-10-30)55(48,49)41-34-15-8-28(24-40-34)37(47)39-16-18-51-20-21-52-25-29(42)6-4-17-50-19-22-53-26-36(45)46/h8-15,23-24H,1-7,16-22,25-26H2,(H,39,47)(H,40,41)(H,43,44)(H,45,46). The molecule has 0 atom stereocenters. The van der Waals surface area contributed by atoms with E-state index in [1.54, 1.807) is 6.07 Å². The Bertz CT molecular complexity index is 1780. The van der Waals surface area contributed by atoms with Crippen molar-refractivity contribution < 1.29 is 65.9 Å². The number of nitrogens with zero attached hydrogens (tertiary/aromatic N) is 1. The number of halogens is 1. The number of hydrogen-bond donors (Lipinski definition) is 4. The van der Waals surface area contributed by atoms with Crippen LogP contribution in [0.15, 0.2) is 65.7 Å². The SMILES string of the molecule is O=C(O)CCCCCc1cc(Oc2ccc(S(=O)(=O)Nc3ccc(C(=O)NCCOCCOCC(=O)CCCOCCOCC(=O)O)cn3)cc2)ccc1F. The van der Waals surface area contributed by atoms with Crippen LogP contribution in [0.2, 0.25) is 0 Å². The minimum atomic E-state index is -4.04. The summed E-state index contributed by atoms with van der Waals surface area (Å²) in [6, 6.07) is 12.7. The number of unbranched alkanes of at least 4 members (excludes halogenated alkanes) is 2. The molecule has 0 fully saturated rings. The topological polar surface area (TPSA) is 226 Å². The van der Waals surface area contributed by atoms with E-state index in [2.05, 4.69) is 15.0 Å². The van der Waals surface area contributed by atoms with Crippen molar-refractivity contribution in [3.05, 3.63) is 77.7 Å².